The third-order valence-corrected chi connectivity index (χ3v) is 6.96. The van der Waals surface area contributed by atoms with E-state index in [1.165, 1.54) is 6.92 Å². The van der Waals surface area contributed by atoms with Crippen molar-refractivity contribution in [2.45, 2.75) is 136 Å². The maximum atomic E-state index is 13.8. The number of rotatable bonds is 15. The van der Waals surface area contributed by atoms with E-state index in [0.29, 0.717) is 16.9 Å². The monoisotopic (exact) mass is 696 g/mol. The Balaban J connectivity index is 2.36. The molecule has 4 amide bonds. The van der Waals surface area contributed by atoms with E-state index < -0.39 is 64.7 Å². The number of primary amides is 1. The normalized spacial score (nSPS) is 14.4. The van der Waals surface area contributed by atoms with Gasteiger partial charge in [0.15, 0.2) is 0 Å². The summed E-state index contributed by atoms with van der Waals surface area (Å²) in [5.74, 6) is -2.23. The molecule has 0 aliphatic carbocycles. The molecule has 0 radical (unpaired) electrons. The van der Waals surface area contributed by atoms with Gasteiger partial charge in [-0.1, -0.05) is 36.4 Å². The Morgan fingerprint density at radius 1 is 0.660 bits per heavy atom. The molecular formula is C38H56N4O8. The number of hydrogen-bond acceptors (Lipinski definition) is 8. The number of carbonyl (C=O) groups excluding carboxylic acids is 5. The van der Waals surface area contributed by atoms with Crippen molar-refractivity contribution in [3.8, 4) is 5.75 Å². The molecule has 0 spiro atoms. The molecule has 2 aromatic rings. The highest BCUT2D eigenvalue weighted by Gasteiger charge is 2.33. The first-order valence-corrected chi connectivity index (χ1v) is 16.8. The van der Waals surface area contributed by atoms with Crippen LogP contribution in [0.25, 0.3) is 0 Å². The molecule has 0 heterocycles. The van der Waals surface area contributed by atoms with Gasteiger partial charge in [-0.15, -0.1) is 0 Å². The lowest BCUT2D eigenvalue weighted by Gasteiger charge is -2.31. The lowest BCUT2D eigenvalue weighted by Crippen LogP contribution is -2.59. The predicted octanol–water partition coefficient (Wildman–Crippen LogP) is 3.70. The highest BCUT2D eigenvalue weighted by Crippen LogP contribution is 2.20. The number of nitrogens with two attached hydrogens (primary N) is 1. The molecule has 0 aliphatic rings. The minimum atomic E-state index is -1.20. The van der Waals surface area contributed by atoms with Crippen molar-refractivity contribution < 1.29 is 38.2 Å². The molecule has 0 bridgehead atoms. The SMILES string of the molecule is CC(=O)N[C@@H](Cc1ccc(OC(C)(C)C)cc1)C(=O)N[C@@H](Cc1ccc(CC(=O)OC(C)(C)C)cc1)C(=O)N[C@H](C(N)=O)[C@@H](C)OC(C)(C)C. The maximum Gasteiger partial charge on any atom is 0.310 e. The Hall–Kier alpha value is -4.45. The molecular weight excluding hydrogens is 640 g/mol. The summed E-state index contributed by atoms with van der Waals surface area (Å²) in [6.07, 6.45) is -0.561. The Morgan fingerprint density at radius 3 is 1.56 bits per heavy atom. The van der Waals surface area contributed by atoms with Crippen molar-refractivity contribution >= 4 is 29.6 Å². The van der Waals surface area contributed by atoms with Gasteiger partial charge < -0.3 is 35.9 Å². The molecule has 2 rings (SSSR count). The summed E-state index contributed by atoms with van der Waals surface area (Å²) in [4.78, 5) is 64.6. The quantitative estimate of drug-likeness (QED) is 0.204. The molecule has 0 aliphatic heterocycles. The summed E-state index contributed by atoms with van der Waals surface area (Å²) in [6.45, 7) is 19.6. The van der Waals surface area contributed by atoms with Gasteiger partial charge in [-0.3, -0.25) is 24.0 Å². The number of ether oxygens (including phenoxy) is 3. The highest BCUT2D eigenvalue weighted by molar-refractivity contribution is 5.94. The van der Waals surface area contributed by atoms with E-state index in [1.807, 2.05) is 41.5 Å². The number of nitrogens with one attached hydrogen (secondary N) is 3. The summed E-state index contributed by atoms with van der Waals surface area (Å²) in [6, 6.07) is 10.8. The number of hydrogen-bond donors (Lipinski definition) is 4. The highest BCUT2D eigenvalue weighted by atomic mass is 16.6. The molecule has 4 atom stereocenters. The molecule has 50 heavy (non-hydrogen) atoms. The summed E-state index contributed by atoms with van der Waals surface area (Å²) in [5.41, 5.74) is 6.16. The zero-order valence-electron chi connectivity index (χ0n) is 31.4. The van der Waals surface area contributed by atoms with Gasteiger partial charge in [0.05, 0.1) is 18.1 Å². The lowest BCUT2D eigenvalue weighted by atomic mass is 10.00. The fourth-order valence-corrected chi connectivity index (χ4v) is 5.09. The van der Waals surface area contributed by atoms with E-state index in [9.17, 15) is 24.0 Å². The summed E-state index contributed by atoms with van der Waals surface area (Å²) in [5, 5.41) is 8.12. The number of benzene rings is 2. The van der Waals surface area contributed by atoms with Crippen LogP contribution in [-0.2, 0) is 52.7 Å². The molecule has 0 unspecified atom stereocenters. The molecule has 12 nitrogen and oxygen atoms in total. The average molecular weight is 697 g/mol. The van der Waals surface area contributed by atoms with E-state index in [2.05, 4.69) is 16.0 Å². The van der Waals surface area contributed by atoms with Crippen LogP contribution >= 0.6 is 0 Å². The predicted molar refractivity (Wildman–Crippen MR) is 191 cm³/mol. The van der Waals surface area contributed by atoms with Gasteiger partial charge in [-0.2, -0.15) is 0 Å². The second kappa shape index (κ2) is 17.5. The van der Waals surface area contributed by atoms with E-state index in [4.69, 9.17) is 19.9 Å². The van der Waals surface area contributed by atoms with Crippen LogP contribution in [0.15, 0.2) is 48.5 Å². The first kappa shape index (κ1) is 41.7. The third-order valence-electron chi connectivity index (χ3n) is 6.96. The Labute approximate surface area is 296 Å². The second-order valence-electron chi connectivity index (χ2n) is 15.5. The third kappa shape index (κ3) is 15.8. The summed E-state index contributed by atoms with van der Waals surface area (Å²) >= 11 is 0. The van der Waals surface area contributed by atoms with Crippen LogP contribution in [-0.4, -0.2) is 70.6 Å². The Morgan fingerprint density at radius 2 is 1.12 bits per heavy atom. The number of esters is 1. The second-order valence-corrected chi connectivity index (χ2v) is 15.5. The minimum absolute atomic E-state index is 0.0237. The number of carbonyl (C=O) groups is 5. The van der Waals surface area contributed by atoms with E-state index in [1.54, 1.807) is 76.2 Å². The lowest BCUT2D eigenvalue weighted by molar-refractivity contribution is -0.154. The van der Waals surface area contributed by atoms with E-state index in [-0.39, 0.29) is 25.2 Å². The van der Waals surface area contributed by atoms with Crippen molar-refractivity contribution in [2.75, 3.05) is 0 Å². The standard InChI is InChI=1S/C38H56N4O8/c1-23(48-36(3,4)5)32(33(39)45)42-35(47)30(21-25-12-14-27(15-13-25)22-31(44)50-38(9,10)11)41-34(46)29(40-24(2)43)20-26-16-18-28(19-17-26)49-37(6,7)8/h12-19,23,29-30,32H,20-22H2,1-11H3,(H2,39,45)(H,40,43)(H,41,46)(H,42,47)/t23-,29+,30+,32+/m1/s1. The molecule has 0 saturated heterocycles. The molecule has 0 aromatic heterocycles. The van der Waals surface area contributed by atoms with Crippen molar-refractivity contribution in [2.24, 2.45) is 5.73 Å². The van der Waals surface area contributed by atoms with E-state index in [0.717, 1.165) is 5.56 Å². The summed E-state index contributed by atoms with van der Waals surface area (Å²) in [7, 11) is 0. The largest absolute Gasteiger partial charge is 0.488 e. The Kier molecular flexibility index (Phi) is 14.6. The smallest absolute Gasteiger partial charge is 0.310 e. The zero-order valence-corrected chi connectivity index (χ0v) is 31.4. The van der Waals surface area contributed by atoms with Crippen molar-refractivity contribution in [3.63, 3.8) is 0 Å². The Bertz CT molecular complexity index is 1470. The van der Waals surface area contributed by atoms with Gasteiger partial charge in [0, 0.05) is 19.8 Å². The van der Waals surface area contributed by atoms with Crippen LogP contribution in [0.1, 0.15) is 92.9 Å². The molecule has 2 aromatic carbocycles. The first-order valence-electron chi connectivity index (χ1n) is 16.8. The topological polar surface area (TPSA) is 175 Å². The average Bonchev–Trinajstić information content (AvgIpc) is 2.93. The first-order chi connectivity index (χ1) is 22.9. The summed E-state index contributed by atoms with van der Waals surface area (Å²) < 4.78 is 17.2. The number of amides is 4. The van der Waals surface area contributed by atoms with Crippen LogP contribution in [0.5, 0.6) is 5.75 Å². The van der Waals surface area contributed by atoms with Gasteiger partial charge in [0.25, 0.3) is 0 Å². The van der Waals surface area contributed by atoms with Crippen LogP contribution in [0.2, 0.25) is 0 Å². The minimum Gasteiger partial charge on any atom is -0.488 e. The molecule has 0 fully saturated rings. The fourth-order valence-electron chi connectivity index (χ4n) is 5.09. The molecule has 276 valence electrons. The van der Waals surface area contributed by atoms with Gasteiger partial charge in [0.1, 0.15) is 35.1 Å². The maximum absolute atomic E-state index is 13.8. The molecule has 12 heteroatoms. The van der Waals surface area contributed by atoms with Crippen molar-refractivity contribution in [1.29, 1.82) is 0 Å². The fraction of sp³-hybridized carbons (Fsp3) is 0.553. The van der Waals surface area contributed by atoms with Gasteiger partial charge >= 0.3 is 5.97 Å². The molecule has 0 saturated carbocycles. The van der Waals surface area contributed by atoms with E-state index >= 15 is 0 Å². The van der Waals surface area contributed by atoms with Crippen LogP contribution < -0.4 is 26.4 Å². The van der Waals surface area contributed by atoms with Gasteiger partial charge in [-0.05, 0) is 98.1 Å². The van der Waals surface area contributed by atoms with Crippen molar-refractivity contribution in [3.05, 3.63) is 65.2 Å². The van der Waals surface area contributed by atoms with Crippen LogP contribution in [0, 0.1) is 0 Å². The molecule has 5 N–H and O–H groups in total. The van der Waals surface area contributed by atoms with Gasteiger partial charge in [-0.25, -0.2) is 0 Å². The zero-order chi connectivity index (χ0) is 38.0. The van der Waals surface area contributed by atoms with Gasteiger partial charge in [0.2, 0.25) is 23.6 Å². The van der Waals surface area contributed by atoms with Crippen LogP contribution in [0.3, 0.4) is 0 Å². The van der Waals surface area contributed by atoms with Crippen LogP contribution in [0.4, 0.5) is 0 Å². The van der Waals surface area contributed by atoms with Crippen molar-refractivity contribution in [1.82, 2.24) is 16.0 Å².